The van der Waals surface area contributed by atoms with Gasteiger partial charge in [0.15, 0.2) is 11.5 Å². The van der Waals surface area contributed by atoms with Crippen LogP contribution in [0, 0.1) is 0 Å². The Morgan fingerprint density at radius 3 is 2.50 bits per heavy atom. The Kier molecular flexibility index (Phi) is 5.68. The number of nitrogens with zero attached hydrogens (tertiary/aromatic N) is 3. The summed E-state index contributed by atoms with van der Waals surface area (Å²) in [6.45, 7) is 0.360. The molecular formula is C24H22N4O5S. The minimum absolute atomic E-state index is 0.0172. The highest BCUT2D eigenvalue weighted by atomic mass is 32.2. The predicted molar refractivity (Wildman–Crippen MR) is 127 cm³/mol. The predicted octanol–water partition coefficient (Wildman–Crippen LogP) is 3.06. The molecule has 1 aliphatic heterocycles. The van der Waals surface area contributed by atoms with Crippen molar-refractivity contribution >= 4 is 32.9 Å². The van der Waals surface area contributed by atoms with Gasteiger partial charge < -0.3 is 9.47 Å². The molecule has 0 radical (unpaired) electrons. The van der Waals surface area contributed by atoms with Gasteiger partial charge in [0, 0.05) is 18.8 Å². The first-order valence-corrected chi connectivity index (χ1v) is 12.1. The number of sulfonamides is 1. The van der Waals surface area contributed by atoms with E-state index >= 15 is 0 Å². The number of anilines is 1. The average molecular weight is 479 g/mol. The quantitative estimate of drug-likeness (QED) is 0.457. The van der Waals surface area contributed by atoms with Crippen LogP contribution < -0.4 is 14.8 Å². The van der Waals surface area contributed by atoms with Gasteiger partial charge in [-0.1, -0.05) is 30.3 Å². The van der Waals surface area contributed by atoms with Crippen molar-refractivity contribution in [3.63, 3.8) is 0 Å². The highest BCUT2D eigenvalue weighted by Gasteiger charge is 2.26. The van der Waals surface area contributed by atoms with Gasteiger partial charge in [-0.05, 0) is 36.4 Å². The number of benzene rings is 3. The molecule has 1 aliphatic rings. The minimum Gasteiger partial charge on any atom is -0.486 e. The monoisotopic (exact) mass is 478 g/mol. The fraction of sp³-hybridized carbons (Fsp3) is 0.167. The Hall–Kier alpha value is -3.89. The second-order valence-corrected chi connectivity index (χ2v) is 9.75. The summed E-state index contributed by atoms with van der Waals surface area (Å²) in [6, 6.07) is 21.4. The molecule has 0 unspecified atom stereocenters. The molecule has 0 aliphatic carbocycles. The van der Waals surface area contributed by atoms with E-state index < -0.39 is 22.5 Å². The normalized spacial score (nSPS) is 13.2. The summed E-state index contributed by atoms with van der Waals surface area (Å²) >= 11 is 0. The fourth-order valence-corrected chi connectivity index (χ4v) is 4.91. The number of carbonyl (C=O) groups excluding carboxylic acids is 1. The molecule has 3 aromatic carbocycles. The molecule has 0 spiro atoms. The molecule has 4 aromatic rings. The van der Waals surface area contributed by atoms with Crippen LogP contribution in [0.4, 0.5) is 5.95 Å². The number of fused-ring (bicyclic) bond motifs is 2. The Balaban J connectivity index is 1.38. The smallest absolute Gasteiger partial charge is 0.243 e. The van der Waals surface area contributed by atoms with Gasteiger partial charge in [-0.3, -0.25) is 14.7 Å². The molecule has 1 aromatic heterocycles. The number of rotatable bonds is 6. The van der Waals surface area contributed by atoms with Gasteiger partial charge in [0.1, 0.15) is 13.2 Å². The zero-order valence-corrected chi connectivity index (χ0v) is 19.2. The average Bonchev–Trinajstić information content (AvgIpc) is 3.21. The second-order valence-electron chi connectivity index (χ2n) is 7.71. The summed E-state index contributed by atoms with van der Waals surface area (Å²) < 4.78 is 39.9. The molecule has 1 amide bonds. The molecule has 0 saturated heterocycles. The van der Waals surface area contributed by atoms with Crippen molar-refractivity contribution in [2.75, 3.05) is 32.1 Å². The first-order chi connectivity index (χ1) is 16.4. The molecular weight excluding hydrogens is 456 g/mol. The first kappa shape index (κ1) is 21.9. The van der Waals surface area contributed by atoms with Crippen molar-refractivity contribution < 1.29 is 22.7 Å². The lowest BCUT2D eigenvalue weighted by Gasteiger charge is -2.21. The Morgan fingerprint density at radius 1 is 1.00 bits per heavy atom. The third-order valence-corrected chi connectivity index (χ3v) is 7.21. The van der Waals surface area contributed by atoms with Crippen molar-refractivity contribution in [1.29, 1.82) is 0 Å². The van der Waals surface area contributed by atoms with Crippen molar-refractivity contribution in [1.82, 2.24) is 13.9 Å². The number of hydrogen-bond donors (Lipinski definition) is 1. The van der Waals surface area contributed by atoms with E-state index in [9.17, 15) is 13.2 Å². The Labute approximate surface area is 196 Å². The van der Waals surface area contributed by atoms with E-state index in [4.69, 9.17) is 9.47 Å². The van der Waals surface area contributed by atoms with Crippen LogP contribution in [-0.4, -0.2) is 55.0 Å². The van der Waals surface area contributed by atoms with E-state index in [1.54, 1.807) is 6.07 Å². The Bertz CT molecular complexity index is 1470. The molecule has 0 bridgehead atoms. The lowest BCUT2D eigenvalue weighted by Crippen LogP contribution is -2.35. The molecule has 0 saturated carbocycles. The highest BCUT2D eigenvalue weighted by Crippen LogP contribution is 2.33. The third-order valence-electron chi connectivity index (χ3n) is 5.41. The van der Waals surface area contributed by atoms with Gasteiger partial charge in [0.25, 0.3) is 0 Å². The summed E-state index contributed by atoms with van der Waals surface area (Å²) in [6.07, 6.45) is 0. The van der Waals surface area contributed by atoms with Crippen molar-refractivity contribution in [3.8, 4) is 17.2 Å². The summed E-state index contributed by atoms with van der Waals surface area (Å²) in [7, 11) is -2.58. The van der Waals surface area contributed by atoms with Crippen molar-refractivity contribution in [3.05, 3.63) is 72.8 Å². The van der Waals surface area contributed by atoms with Gasteiger partial charge in [0.2, 0.25) is 21.9 Å². The maximum absolute atomic E-state index is 13.1. The van der Waals surface area contributed by atoms with Crippen LogP contribution in [0.15, 0.2) is 77.7 Å². The van der Waals surface area contributed by atoms with Crippen LogP contribution in [0.3, 0.4) is 0 Å². The maximum atomic E-state index is 13.1. The number of aromatic nitrogens is 2. The van der Waals surface area contributed by atoms with E-state index in [0.717, 1.165) is 15.5 Å². The fourth-order valence-electron chi connectivity index (χ4n) is 3.76. The van der Waals surface area contributed by atoms with Crippen LogP contribution in [-0.2, 0) is 14.8 Å². The number of carbonyl (C=O) groups is 1. The lowest BCUT2D eigenvalue weighted by atomic mass is 10.3. The van der Waals surface area contributed by atoms with Crippen LogP contribution in [0.1, 0.15) is 0 Å². The summed E-state index contributed by atoms with van der Waals surface area (Å²) in [5.41, 5.74) is 2.35. The van der Waals surface area contributed by atoms with Gasteiger partial charge in [-0.2, -0.15) is 4.31 Å². The lowest BCUT2D eigenvalue weighted by molar-refractivity contribution is -0.116. The number of likely N-dealkylation sites (N-methyl/N-ethyl adjacent to an activating group) is 1. The van der Waals surface area contributed by atoms with Gasteiger partial charge in [-0.15, -0.1) is 0 Å². The molecule has 174 valence electrons. The topological polar surface area (TPSA) is 103 Å². The van der Waals surface area contributed by atoms with E-state index in [-0.39, 0.29) is 4.90 Å². The first-order valence-electron chi connectivity index (χ1n) is 10.6. The van der Waals surface area contributed by atoms with Crippen molar-refractivity contribution in [2.45, 2.75) is 4.90 Å². The van der Waals surface area contributed by atoms with Gasteiger partial charge in [0.05, 0.1) is 22.5 Å². The number of ether oxygens (including phenoxy) is 2. The van der Waals surface area contributed by atoms with Crippen molar-refractivity contribution in [2.24, 2.45) is 0 Å². The summed E-state index contributed by atoms with van der Waals surface area (Å²) in [5.74, 6) is 0.644. The third kappa shape index (κ3) is 4.09. The Morgan fingerprint density at radius 2 is 1.71 bits per heavy atom. The van der Waals surface area contributed by atoms with E-state index in [2.05, 4.69) is 10.3 Å². The minimum atomic E-state index is -3.94. The maximum Gasteiger partial charge on any atom is 0.243 e. The van der Waals surface area contributed by atoms with Crippen LogP contribution in [0.2, 0.25) is 0 Å². The second kappa shape index (κ2) is 8.81. The molecule has 5 rings (SSSR count). The molecule has 1 N–H and O–H groups in total. The standard InChI is InChI=1S/C24H22N4O5S/c1-27(34(30,31)18-11-12-21-22(15-18)33-14-13-32-21)16-23(29)26-24-25-19-9-5-6-10-20(19)28(24)17-7-3-2-4-8-17/h2-12,15H,13-14,16H2,1H3,(H,25,26,29). The number of imidazole rings is 1. The SMILES string of the molecule is CN(CC(=O)Nc1nc2ccccc2n1-c1ccccc1)S(=O)(=O)c1ccc2c(c1)OCCO2. The number of para-hydroxylation sites is 3. The van der Waals surface area contributed by atoms with Crippen LogP contribution >= 0.6 is 0 Å². The van der Waals surface area contributed by atoms with Crippen LogP contribution in [0.25, 0.3) is 16.7 Å². The summed E-state index contributed by atoms with van der Waals surface area (Å²) in [4.78, 5) is 17.4. The van der Waals surface area contributed by atoms with Gasteiger partial charge >= 0.3 is 0 Å². The van der Waals surface area contributed by atoms with Gasteiger partial charge in [-0.25, -0.2) is 13.4 Å². The zero-order valence-electron chi connectivity index (χ0n) is 18.3. The molecule has 10 heteroatoms. The molecule has 34 heavy (non-hydrogen) atoms. The largest absolute Gasteiger partial charge is 0.486 e. The molecule has 9 nitrogen and oxygen atoms in total. The van der Waals surface area contributed by atoms with Crippen LogP contribution in [0.5, 0.6) is 11.5 Å². The molecule has 0 fully saturated rings. The zero-order chi connectivity index (χ0) is 23.7. The number of amides is 1. The van der Waals surface area contributed by atoms with E-state index in [1.165, 1.54) is 19.2 Å². The molecule has 0 atom stereocenters. The number of nitrogens with one attached hydrogen (secondary N) is 1. The molecule has 2 heterocycles. The summed E-state index contributed by atoms with van der Waals surface area (Å²) in [5, 5.41) is 2.76. The highest BCUT2D eigenvalue weighted by molar-refractivity contribution is 7.89. The van der Waals surface area contributed by atoms with E-state index in [0.29, 0.717) is 36.2 Å². The number of hydrogen-bond acceptors (Lipinski definition) is 6. The van der Waals surface area contributed by atoms with E-state index in [1.807, 2.05) is 59.2 Å².